The molecular formula is C15H10Cl2N2O2. The van der Waals surface area contributed by atoms with Crippen LogP contribution < -0.4 is 4.74 Å². The summed E-state index contributed by atoms with van der Waals surface area (Å²) in [6.07, 6.45) is 0. The summed E-state index contributed by atoms with van der Waals surface area (Å²) in [6, 6.07) is 10.7. The molecule has 0 saturated carbocycles. The Kier molecular flexibility index (Phi) is 3.57. The molecule has 6 heteroatoms. The van der Waals surface area contributed by atoms with Gasteiger partial charge in [-0.15, -0.1) is 0 Å². The van der Waals surface area contributed by atoms with Gasteiger partial charge in [0.25, 0.3) is 0 Å². The smallest absolute Gasteiger partial charge is 0.308 e. The minimum atomic E-state index is -0.432. The predicted molar refractivity (Wildman–Crippen MR) is 82.9 cm³/mol. The van der Waals surface area contributed by atoms with E-state index < -0.39 is 5.97 Å². The molecule has 0 aliphatic carbocycles. The molecule has 0 atom stereocenters. The SMILES string of the molecule is CC(=O)Oc1cc(Cl)c(-c2nc3ccccc3[nH]2)c(Cl)c1. The van der Waals surface area contributed by atoms with E-state index in [0.717, 1.165) is 11.0 Å². The highest BCUT2D eigenvalue weighted by molar-refractivity contribution is 6.39. The van der Waals surface area contributed by atoms with Crippen LogP contribution >= 0.6 is 23.2 Å². The second-order valence-corrected chi connectivity index (χ2v) is 5.27. The first-order chi connectivity index (χ1) is 10.0. The molecule has 0 radical (unpaired) electrons. The number of ether oxygens (including phenoxy) is 1. The average molecular weight is 321 g/mol. The van der Waals surface area contributed by atoms with Gasteiger partial charge < -0.3 is 9.72 Å². The number of aromatic amines is 1. The minimum absolute atomic E-state index is 0.303. The molecule has 3 rings (SSSR count). The largest absolute Gasteiger partial charge is 0.427 e. The molecule has 3 aromatic rings. The minimum Gasteiger partial charge on any atom is -0.427 e. The third kappa shape index (κ3) is 2.73. The lowest BCUT2D eigenvalue weighted by atomic mass is 10.2. The Morgan fingerprint density at radius 2 is 1.86 bits per heavy atom. The summed E-state index contributed by atoms with van der Waals surface area (Å²) in [5.74, 6) is 0.441. The van der Waals surface area contributed by atoms with Crippen LogP contribution in [0.1, 0.15) is 6.92 Å². The molecule has 0 aliphatic heterocycles. The van der Waals surface area contributed by atoms with Crippen molar-refractivity contribution in [1.29, 1.82) is 0 Å². The third-order valence-corrected chi connectivity index (χ3v) is 3.50. The monoisotopic (exact) mass is 320 g/mol. The Hall–Kier alpha value is -2.04. The highest BCUT2D eigenvalue weighted by atomic mass is 35.5. The quantitative estimate of drug-likeness (QED) is 0.560. The molecule has 21 heavy (non-hydrogen) atoms. The predicted octanol–water partition coefficient (Wildman–Crippen LogP) is 4.46. The van der Waals surface area contributed by atoms with Gasteiger partial charge in [0.15, 0.2) is 0 Å². The zero-order valence-corrected chi connectivity index (χ0v) is 12.5. The van der Waals surface area contributed by atoms with E-state index >= 15 is 0 Å². The van der Waals surface area contributed by atoms with Crippen molar-refractivity contribution in [2.24, 2.45) is 0 Å². The topological polar surface area (TPSA) is 55.0 Å². The first kappa shape index (κ1) is 13.9. The molecule has 1 aromatic heterocycles. The molecule has 0 aliphatic rings. The molecule has 1 N–H and O–H groups in total. The molecule has 0 spiro atoms. The highest BCUT2D eigenvalue weighted by Crippen LogP contribution is 2.37. The molecule has 106 valence electrons. The van der Waals surface area contributed by atoms with Crippen LogP contribution in [0.25, 0.3) is 22.4 Å². The second kappa shape index (κ2) is 5.39. The van der Waals surface area contributed by atoms with E-state index in [1.165, 1.54) is 19.1 Å². The van der Waals surface area contributed by atoms with Crippen LogP contribution in [0.4, 0.5) is 0 Å². The van der Waals surface area contributed by atoms with Gasteiger partial charge in [-0.25, -0.2) is 4.98 Å². The first-order valence-electron chi connectivity index (χ1n) is 6.17. The van der Waals surface area contributed by atoms with Crippen LogP contribution in [0.3, 0.4) is 0 Å². The number of para-hydroxylation sites is 2. The number of imidazole rings is 1. The van der Waals surface area contributed by atoms with Gasteiger partial charge >= 0.3 is 5.97 Å². The molecule has 1 heterocycles. The van der Waals surface area contributed by atoms with E-state index in [4.69, 9.17) is 27.9 Å². The maximum atomic E-state index is 11.0. The number of aromatic nitrogens is 2. The van der Waals surface area contributed by atoms with Gasteiger partial charge in [-0.2, -0.15) is 0 Å². The van der Waals surface area contributed by atoms with Crippen LogP contribution in [0.2, 0.25) is 10.0 Å². The summed E-state index contributed by atoms with van der Waals surface area (Å²) >= 11 is 12.5. The number of halogens is 2. The fourth-order valence-corrected chi connectivity index (χ4v) is 2.72. The number of rotatable bonds is 2. The Balaban J connectivity index is 2.11. The lowest BCUT2D eigenvalue weighted by molar-refractivity contribution is -0.131. The van der Waals surface area contributed by atoms with Crippen molar-refractivity contribution in [1.82, 2.24) is 9.97 Å². The maximum Gasteiger partial charge on any atom is 0.308 e. The summed E-state index contributed by atoms with van der Waals surface area (Å²) in [5, 5.41) is 0.718. The van der Waals surface area contributed by atoms with Crippen molar-refractivity contribution in [2.75, 3.05) is 0 Å². The Labute approximate surface area is 130 Å². The number of H-pyrrole nitrogens is 1. The molecule has 0 amide bonds. The third-order valence-electron chi connectivity index (χ3n) is 2.90. The first-order valence-corrected chi connectivity index (χ1v) is 6.93. The van der Waals surface area contributed by atoms with E-state index in [9.17, 15) is 4.79 Å². The van der Waals surface area contributed by atoms with Gasteiger partial charge in [0.05, 0.1) is 26.6 Å². The van der Waals surface area contributed by atoms with Gasteiger partial charge in [-0.3, -0.25) is 4.79 Å². The lowest BCUT2D eigenvalue weighted by Crippen LogP contribution is -2.01. The second-order valence-electron chi connectivity index (χ2n) is 4.46. The number of esters is 1. The standard InChI is InChI=1S/C15H10Cl2N2O2/c1-8(20)21-9-6-10(16)14(11(17)7-9)15-18-12-4-2-3-5-13(12)19-15/h2-7H,1H3,(H,18,19). The zero-order valence-electron chi connectivity index (χ0n) is 11.0. The van der Waals surface area contributed by atoms with E-state index in [0.29, 0.717) is 27.2 Å². The molecule has 0 unspecified atom stereocenters. The summed E-state index contributed by atoms with van der Waals surface area (Å²) < 4.78 is 4.99. The van der Waals surface area contributed by atoms with Crippen LogP contribution in [0, 0.1) is 0 Å². The average Bonchev–Trinajstić information content (AvgIpc) is 2.80. The van der Waals surface area contributed by atoms with Crippen molar-refractivity contribution in [2.45, 2.75) is 6.92 Å². The van der Waals surface area contributed by atoms with Gasteiger partial charge in [0, 0.05) is 19.1 Å². The number of nitrogens with zero attached hydrogens (tertiary/aromatic N) is 1. The van der Waals surface area contributed by atoms with Crippen LogP contribution in [-0.2, 0) is 4.79 Å². The molecule has 2 aromatic carbocycles. The molecule has 0 fully saturated rings. The number of fused-ring (bicyclic) bond motifs is 1. The highest BCUT2D eigenvalue weighted by Gasteiger charge is 2.15. The number of hydrogen-bond donors (Lipinski definition) is 1. The molecule has 0 bridgehead atoms. The van der Waals surface area contributed by atoms with E-state index in [1.54, 1.807) is 0 Å². The lowest BCUT2D eigenvalue weighted by Gasteiger charge is -2.07. The normalized spacial score (nSPS) is 10.8. The van der Waals surface area contributed by atoms with Crippen molar-refractivity contribution in [3.8, 4) is 17.1 Å². The van der Waals surface area contributed by atoms with Crippen LogP contribution in [0.5, 0.6) is 5.75 Å². The summed E-state index contributed by atoms with van der Waals surface area (Å²) in [5.41, 5.74) is 2.29. The van der Waals surface area contributed by atoms with Crippen molar-refractivity contribution in [3.05, 3.63) is 46.4 Å². The van der Waals surface area contributed by atoms with Gasteiger partial charge in [-0.1, -0.05) is 35.3 Å². The van der Waals surface area contributed by atoms with Gasteiger partial charge in [0.2, 0.25) is 0 Å². The summed E-state index contributed by atoms with van der Waals surface area (Å²) in [7, 11) is 0. The summed E-state index contributed by atoms with van der Waals surface area (Å²) in [4.78, 5) is 18.6. The molecule has 4 nitrogen and oxygen atoms in total. The Morgan fingerprint density at radius 3 is 2.48 bits per heavy atom. The Morgan fingerprint density at radius 1 is 1.19 bits per heavy atom. The number of nitrogens with one attached hydrogen (secondary N) is 1. The molecular weight excluding hydrogens is 311 g/mol. The fourth-order valence-electron chi connectivity index (χ4n) is 2.07. The zero-order chi connectivity index (χ0) is 15.0. The van der Waals surface area contributed by atoms with Gasteiger partial charge in [-0.05, 0) is 12.1 Å². The van der Waals surface area contributed by atoms with Crippen molar-refractivity contribution in [3.63, 3.8) is 0 Å². The van der Waals surface area contributed by atoms with E-state index in [1.807, 2.05) is 24.3 Å². The van der Waals surface area contributed by atoms with Crippen LogP contribution in [-0.4, -0.2) is 15.9 Å². The van der Waals surface area contributed by atoms with Gasteiger partial charge in [0.1, 0.15) is 11.6 Å². The number of carbonyl (C=O) groups excluding carboxylic acids is 1. The number of hydrogen-bond acceptors (Lipinski definition) is 3. The van der Waals surface area contributed by atoms with E-state index in [2.05, 4.69) is 9.97 Å². The Bertz CT molecular complexity index is 787. The van der Waals surface area contributed by atoms with Crippen molar-refractivity contribution >= 4 is 40.2 Å². The van der Waals surface area contributed by atoms with Crippen LogP contribution in [0.15, 0.2) is 36.4 Å². The fraction of sp³-hybridized carbons (Fsp3) is 0.0667. The van der Waals surface area contributed by atoms with Crippen molar-refractivity contribution < 1.29 is 9.53 Å². The number of carbonyl (C=O) groups is 1. The maximum absolute atomic E-state index is 11.0. The molecule has 0 saturated heterocycles. The number of benzene rings is 2. The summed E-state index contributed by atoms with van der Waals surface area (Å²) in [6.45, 7) is 1.31. The van der Waals surface area contributed by atoms with E-state index in [-0.39, 0.29) is 0 Å².